The molecular formula is C10H18N4O2. The van der Waals surface area contributed by atoms with Crippen LogP contribution < -0.4 is 10.6 Å². The number of hydrogen-bond donors (Lipinski definition) is 2. The van der Waals surface area contributed by atoms with Gasteiger partial charge in [-0.05, 0) is 20.8 Å². The van der Waals surface area contributed by atoms with Gasteiger partial charge >= 0.3 is 0 Å². The van der Waals surface area contributed by atoms with Crippen LogP contribution in [-0.4, -0.2) is 34.7 Å². The molecule has 0 unspecified atom stereocenters. The highest BCUT2D eigenvalue weighted by molar-refractivity contribution is 5.78. The fraction of sp³-hybridized carbons (Fsp3) is 0.700. The fourth-order valence-corrected chi connectivity index (χ4v) is 1.17. The Morgan fingerprint density at radius 1 is 1.50 bits per heavy atom. The van der Waals surface area contributed by atoms with Crippen LogP contribution in [0.3, 0.4) is 0 Å². The van der Waals surface area contributed by atoms with Gasteiger partial charge in [0.1, 0.15) is 0 Å². The molecule has 1 aromatic rings. The summed E-state index contributed by atoms with van der Waals surface area (Å²) in [4.78, 5) is 15.3. The number of amides is 1. The maximum atomic E-state index is 11.4. The summed E-state index contributed by atoms with van der Waals surface area (Å²) in [7, 11) is 0. The van der Waals surface area contributed by atoms with Gasteiger partial charge in [-0.25, -0.2) is 0 Å². The van der Waals surface area contributed by atoms with Gasteiger partial charge in [0.15, 0.2) is 6.33 Å². The summed E-state index contributed by atoms with van der Waals surface area (Å²) in [5, 5.41) is 9.36. The van der Waals surface area contributed by atoms with Crippen molar-refractivity contribution in [2.24, 2.45) is 0 Å². The summed E-state index contributed by atoms with van der Waals surface area (Å²) < 4.78 is 4.82. The normalized spacial score (nSPS) is 11.4. The predicted molar refractivity (Wildman–Crippen MR) is 58.8 cm³/mol. The number of carbonyl (C=O) groups is 1. The Morgan fingerprint density at radius 3 is 2.81 bits per heavy atom. The standard InChI is InChI=1S/C10H18N4O2/c1-10(2,3)14-8(15)6-11-5-4-9-12-7-13-16-9/h7,11H,4-6H2,1-3H3,(H,14,15). The van der Waals surface area contributed by atoms with E-state index in [-0.39, 0.29) is 11.4 Å². The Bertz CT molecular complexity index is 316. The fourth-order valence-electron chi connectivity index (χ4n) is 1.17. The first-order valence-electron chi connectivity index (χ1n) is 5.25. The molecule has 1 heterocycles. The number of nitrogens with zero attached hydrogens (tertiary/aromatic N) is 2. The highest BCUT2D eigenvalue weighted by Crippen LogP contribution is 1.97. The van der Waals surface area contributed by atoms with E-state index in [1.54, 1.807) is 0 Å². The van der Waals surface area contributed by atoms with Crippen molar-refractivity contribution in [2.75, 3.05) is 13.1 Å². The third-order valence-electron chi connectivity index (χ3n) is 1.72. The Morgan fingerprint density at radius 2 is 2.25 bits per heavy atom. The Balaban J connectivity index is 2.09. The highest BCUT2D eigenvalue weighted by Gasteiger charge is 2.12. The van der Waals surface area contributed by atoms with Gasteiger partial charge in [-0.15, -0.1) is 0 Å². The van der Waals surface area contributed by atoms with Gasteiger partial charge in [0.25, 0.3) is 0 Å². The molecule has 0 aliphatic heterocycles. The van der Waals surface area contributed by atoms with Gasteiger partial charge in [-0.3, -0.25) is 4.79 Å². The third kappa shape index (κ3) is 5.45. The lowest BCUT2D eigenvalue weighted by Gasteiger charge is -2.20. The quantitative estimate of drug-likeness (QED) is 0.697. The molecule has 1 aromatic heterocycles. The van der Waals surface area contributed by atoms with Crippen molar-refractivity contribution < 1.29 is 9.32 Å². The molecule has 0 saturated carbocycles. The second-order valence-electron chi connectivity index (χ2n) is 4.56. The molecule has 0 fully saturated rings. The summed E-state index contributed by atoms with van der Waals surface area (Å²) in [5.41, 5.74) is -0.189. The molecule has 0 aliphatic carbocycles. The lowest BCUT2D eigenvalue weighted by Crippen LogP contribution is -2.45. The molecule has 0 spiro atoms. The molecule has 16 heavy (non-hydrogen) atoms. The maximum Gasteiger partial charge on any atom is 0.234 e. The number of aromatic nitrogens is 2. The minimum absolute atomic E-state index is 0.0157. The van der Waals surface area contributed by atoms with Crippen molar-refractivity contribution in [3.63, 3.8) is 0 Å². The van der Waals surface area contributed by atoms with E-state index in [0.717, 1.165) is 0 Å². The number of hydrogen-bond acceptors (Lipinski definition) is 5. The molecule has 6 heteroatoms. The molecule has 1 rings (SSSR count). The van der Waals surface area contributed by atoms with Crippen LogP contribution in [0.25, 0.3) is 0 Å². The Hall–Kier alpha value is -1.43. The van der Waals surface area contributed by atoms with Crippen LogP contribution in [0.2, 0.25) is 0 Å². The van der Waals surface area contributed by atoms with Crippen molar-refractivity contribution in [3.05, 3.63) is 12.2 Å². The smallest absolute Gasteiger partial charge is 0.234 e. The van der Waals surface area contributed by atoms with Crippen LogP contribution in [0.4, 0.5) is 0 Å². The van der Waals surface area contributed by atoms with Crippen LogP contribution in [0, 0.1) is 0 Å². The molecule has 0 atom stereocenters. The van der Waals surface area contributed by atoms with Gasteiger partial charge < -0.3 is 15.2 Å². The number of carbonyl (C=O) groups excluding carboxylic acids is 1. The van der Waals surface area contributed by atoms with E-state index >= 15 is 0 Å². The van der Waals surface area contributed by atoms with Gasteiger partial charge in [0.2, 0.25) is 11.8 Å². The van der Waals surface area contributed by atoms with Gasteiger partial charge in [-0.1, -0.05) is 5.16 Å². The van der Waals surface area contributed by atoms with Gasteiger partial charge in [0.05, 0.1) is 6.54 Å². The van der Waals surface area contributed by atoms with Gasteiger partial charge in [-0.2, -0.15) is 4.98 Å². The molecule has 6 nitrogen and oxygen atoms in total. The zero-order valence-electron chi connectivity index (χ0n) is 9.91. The first kappa shape index (κ1) is 12.6. The van der Waals surface area contributed by atoms with E-state index in [9.17, 15) is 4.79 Å². The van der Waals surface area contributed by atoms with Crippen molar-refractivity contribution in [1.29, 1.82) is 0 Å². The zero-order valence-corrected chi connectivity index (χ0v) is 9.91. The minimum atomic E-state index is -0.189. The number of rotatable bonds is 5. The van der Waals surface area contributed by atoms with Crippen LogP contribution in [0.15, 0.2) is 10.9 Å². The summed E-state index contributed by atoms with van der Waals surface area (Å²) in [6.07, 6.45) is 1.99. The maximum absolute atomic E-state index is 11.4. The molecule has 90 valence electrons. The van der Waals surface area contributed by atoms with E-state index in [0.29, 0.717) is 25.4 Å². The van der Waals surface area contributed by atoms with Crippen LogP contribution in [0.1, 0.15) is 26.7 Å². The highest BCUT2D eigenvalue weighted by atomic mass is 16.5. The Kier molecular flexibility index (Phi) is 4.42. The van der Waals surface area contributed by atoms with Crippen LogP contribution >= 0.6 is 0 Å². The van der Waals surface area contributed by atoms with E-state index in [4.69, 9.17) is 4.52 Å². The average molecular weight is 226 g/mol. The summed E-state index contributed by atoms with van der Waals surface area (Å²) in [5.74, 6) is 0.557. The van der Waals surface area contributed by atoms with Crippen molar-refractivity contribution in [3.8, 4) is 0 Å². The van der Waals surface area contributed by atoms with Crippen molar-refractivity contribution in [1.82, 2.24) is 20.8 Å². The molecule has 0 bridgehead atoms. The second kappa shape index (κ2) is 5.60. The van der Waals surface area contributed by atoms with Crippen molar-refractivity contribution in [2.45, 2.75) is 32.7 Å². The first-order chi connectivity index (χ1) is 7.47. The van der Waals surface area contributed by atoms with Crippen molar-refractivity contribution >= 4 is 5.91 Å². The number of nitrogens with one attached hydrogen (secondary N) is 2. The molecule has 0 radical (unpaired) electrons. The average Bonchev–Trinajstić information content (AvgIpc) is 2.62. The van der Waals surface area contributed by atoms with E-state index in [1.165, 1.54) is 6.33 Å². The lowest BCUT2D eigenvalue weighted by atomic mass is 10.1. The van der Waals surface area contributed by atoms with Crippen LogP contribution in [-0.2, 0) is 11.2 Å². The third-order valence-corrected chi connectivity index (χ3v) is 1.72. The predicted octanol–water partition coefficient (Wildman–Crippen LogP) is 0.116. The topological polar surface area (TPSA) is 80.0 Å². The SMILES string of the molecule is CC(C)(C)NC(=O)CNCCc1ncno1. The summed E-state index contributed by atoms with van der Waals surface area (Å²) in [6, 6.07) is 0. The molecule has 0 saturated heterocycles. The van der Waals surface area contributed by atoms with E-state index in [2.05, 4.69) is 20.8 Å². The molecular weight excluding hydrogens is 208 g/mol. The second-order valence-corrected chi connectivity index (χ2v) is 4.56. The first-order valence-corrected chi connectivity index (χ1v) is 5.25. The van der Waals surface area contributed by atoms with E-state index < -0.39 is 0 Å². The monoisotopic (exact) mass is 226 g/mol. The zero-order chi connectivity index (χ0) is 12.0. The van der Waals surface area contributed by atoms with E-state index in [1.807, 2.05) is 20.8 Å². The van der Waals surface area contributed by atoms with Crippen LogP contribution in [0.5, 0.6) is 0 Å². The molecule has 0 aliphatic rings. The molecule has 1 amide bonds. The Labute approximate surface area is 94.8 Å². The minimum Gasteiger partial charge on any atom is -0.350 e. The largest absolute Gasteiger partial charge is 0.350 e. The molecule has 2 N–H and O–H groups in total. The summed E-state index contributed by atoms with van der Waals surface area (Å²) >= 11 is 0. The molecule has 0 aromatic carbocycles. The summed E-state index contributed by atoms with van der Waals surface area (Å²) in [6.45, 7) is 6.78. The lowest BCUT2D eigenvalue weighted by molar-refractivity contribution is -0.121. The van der Waals surface area contributed by atoms with Gasteiger partial charge in [0, 0.05) is 18.5 Å².